The second-order valence-electron chi connectivity index (χ2n) is 6.42. The molecule has 0 aliphatic heterocycles. The predicted molar refractivity (Wildman–Crippen MR) is 94.2 cm³/mol. The smallest absolute Gasteiger partial charge is 0.220 e. The number of halogens is 1. The molecule has 0 aromatic heterocycles. The second kappa shape index (κ2) is 9.86. The van der Waals surface area contributed by atoms with Crippen molar-refractivity contribution in [2.75, 3.05) is 0 Å². The van der Waals surface area contributed by atoms with E-state index < -0.39 is 0 Å². The fourth-order valence-corrected chi connectivity index (χ4v) is 3.20. The van der Waals surface area contributed by atoms with Crippen molar-refractivity contribution in [3.63, 3.8) is 0 Å². The van der Waals surface area contributed by atoms with Gasteiger partial charge >= 0.3 is 0 Å². The molecule has 1 aliphatic rings. The summed E-state index contributed by atoms with van der Waals surface area (Å²) in [5.41, 5.74) is 7.10. The highest BCUT2D eigenvalue weighted by Crippen LogP contribution is 2.27. The molecule has 0 heterocycles. The molecule has 0 spiro atoms. The Kier molecular flexibility index (Phi) is 8.51. The number of nitrogens with two attached hydrogens (primary N) is 1. The quantitative estimate of drug-likeness (QED) is 0.842. The molecule has 0 bridgehead atoms. The van der Waals surface area contributed by atoms with E-state index in [1.807, 2.05) is 6.92 Å². The third kappa shape index (κ3) is 6.37. The van der Waals surface area contributed by atoms with Gasteiger partial charge in [-0.2, -0.15) is 0 Å². The molecule has 1 aromatic carbocycles. The van der Waals surface area contributed by atoms with Crippen LogP contribution in [0.2, 0.25) is 0 Å². The van der Waals surface area contributed by atoms with Crippen LogP contribution >= 0.6 is 12.4 Å². The van der Waals surface area contributed by atoms with Crippen molar-refractivity contribution < 1.29 is 4.79 Å². The van der Waals surface area contributed by atoms with Crippen LogP contribution in [0.4, 0.5) is 0 Å². The summed E-state index contributed by atoms with van der Waals surface area (Å²) in [6, 6.07) is 11.0. The zero-order valence-corrected chi connectivity index (χ0v) is 14.3. The minimum absolute atomic E-state index is 0. The molecule has 2 rings (SSSR count). The Balaban J connectivity index is 0.00000242. The van der Waals surface area contributed by atoms with Gasteiger partial charge in [0.15, 0.2) is 0 Å². The molecule has 0 saturated heterocycles. The maximum Gasteiger partial charge on any atom is 0.220 e. The van der Waals surface area contributed by atoms with Crippen LogP contribution in [0.3, 0.4) is 0 Å². The van der Waals surface area contributed by atoms with Crippen molar-refractivity contribution in [1.82, 2.24) is 5.32 Å². The first-order valence-corrected chi connectivity index (χ1v) is 8.24. The largest absolute Gasteiger partial charge is 0.353 e. The maximum atomic E-state index is 12.0. The first kappa shape index (κ1) is 19.0. The lowest BCUT2D eigenvalue weighted by Crippen LogP contribution is -2.43. The van der Waals surface area contributed by atoms with Crippen molar-refractivity contribution in [3.8, 4) is 0 Å². The molecule has 124 valence electrons. The molecule has 1 saturated carbocycles. The van der Waals surface area contributed by atoms with Crippen molar-refractivity contribution in [1.29, 1.82) is 0 Å². The monoisotopic (exact) mass is 324 g/mol. The van der Waals surface area contributed by atoms with Crippen molar-refractivity contribution in [2.24, 2.45) is 11.7 Å². The summed E-state index contributed by atoms with van der Waals surface area (Å²) in [6.45, 7) is 1.95. The van der Waals surface area contributed by atoms with E-state index in [2.05, 4.69) is 35.6 Å². The average molecular weight is 325 g/mol. The minimum Gasteiger partial charge on any atom is -0.353 e. The first-order valence-electron chi connectivity index (χ1n) is 8.24. The van der Waals surface area contributed by atoms with Crippen LogP contribution < -0.4 is 11.1 Å². The molecule has 3 unspecified atom stereocenters. The summed E-state index contributed by atoms with van der Waals surface area (Å²) in [6.07, 6.45) is 7.22. The number of rotatable bonds is 6. The summed E-state index contributed by atoms with van der Waals surface area (Å²) < 4.78 is 0. The Morgan fingerprint density at radius 2 is 1.95 bits per heavy atom. The Morgan fingerprint density at radius 3 is 2.64 bits per heavy atom. The zero-order valence-electron chi connectivity index (χ0n) is 13.5. The topological polar surface area (TPSA) is 55.1 Å². The van der Waals surface area contributed by atoms with Crippen LogP contribution in [-0.2, 0) is 11.2 Å². The molecule has 0 radical (unpaired) electrons. The Bertz CT molecular complexity index is 436. The van der Waals surface area contributed by atoms with E-state index in [9.17, 15) is 4.79 Å². The molecule has 3 nitrogen and oxygen atoms in total. The summed E-state index contributed by atoms with van der Waals surface area (Å²) in [4.78, 5) is 12.0. The highest BCUT2D eigenvalue weighted by atomic mass is 35.5. The van der Waals surface area contributed by atoms with Crippen LogP contribution in [0.5, 0.6) is 0 Å². The molecule has 3 N–H and O–H groups in total. The Morgan fingerprint density at radius 1 is 1.27 bits per heavy atom. The van der Waals surface area contributed by atoms with Gasteiger partial charge in [-0.05, 0) is 44.1 Å². The van der Waals surface area contributed by atoms with Gasteiger partial charge in [0.25, 0.3) is 0 Å². The molecular weight excluding hydrogens is 296 g/mol. The first-order chi connectivity index (χ1) is 10.1. The number of nitrogens with one attached hydrogen (secondary N) is 1. The fourth-order valence-electron chi connectivity index (χ4n) is 3.20. The molecule has 1 fully saturated rings. The van der Waals surface area contributed by atoms with E-state index in [0.717, 1.165) is 19.3 Å². The number of carbonyl (C=O) groups is 1. The van der Waals surface area contributed by atoms with Gasteiger partial charge in [0.1, 0.15) is 0 Å². The molecule has 1 amide bonds. The van der Waals surface area contributed by atoms with Crippen molar-refractivity contribution >= 4 is 18.3 Å². The van der Waals surface area contributed by atoms with Crippen LogP contribution in [0.25, 0.3) is 0 Å². The standard InChI is InChI=1S/C18H28N2O.ClH/c1-14(19)11-12-18(21)20-17-10-6-5-9-16(17)13-15-7-3-2-4-8-15;/h2-4,7-8,14,16-17H,5-6,9-13,19H2,1H3,(H,20,21);1H. The van der Waals surface area contributed by atoms with Crippen LogP contribution in [0.1, 0.15) is 51.0 Å². The van der Waals surface area contributed by atoms with E-state index in [-0.39, 0.29) is 24.4 Å². The highest BCUT2D eigenvalue weighted by molar-refractivity contribution is 5.85. The van der Waals surface area contributed by atoms with Crippen molar-refractivity contribution in [2.45, 2.75) is 64.0 Å². The number of amides is 1. The predicted octanol–water partition coefficient (Wildman–Crippen LogP) is 3.45. The summed E-state index contributed by atoms with van der Waals surface area (Å²) in [5, 5.41) is 3.25. The Hall–Kier alpha value is -1.06. The van der Waals surface area contributed by atoms with Gasteiger partial charge in [0.2, 0.25) is 5.91 Å². The molecular formula is C18H29ClN2O. The SMILES string of the molecule is CC(N)CCC(=O)NC1CCCCC1Cc1ccccc1.Cl. The molecule has 1 aromatic rings. The fraction of sp³-hybridized carbons (Fsp3) is 0.611. The lowest BCUT2D eigenvalue weighted by atomic mass is 9.80. The number of hydrogen-bond donors (Lipinski definition) is 2. The van der Waals surface area contributed by atoms with Gasteiger partial charge in [0, 0.05) is 18.5 Å². The third-order valence-corrected chi connectivity index (χ3v) is 4.42. The maximum absolute atomic E-state index is 12.0. The molecule has 4 heteroatoms. The molecule has 3 atom stereocenters. The highest BCUT2D eigenvalue weighted by Gasteiger charge is 2.26. The molecule has 1 aliphatic carbocycles. The Labute approximate surface area is 140 Å². The van der Waals surface area contributed by atoms with Gasteiger partial charge < -0.3 is 11.1 Å². The summed E-state index contributed by atoms with van der Waals surface area (Å²) >= 11 is 0. The van der Waals surface area contributed by atoms with Crippen LogP contribution in [-0.4, -0.2) is 18.0 Å². The van der Waals surface area contributed by atoms with Gasteiger partial charge in [-0.3, -0.25) is 4.79 Å². The normalized spacial score (nSPS) is 22.5. The van der Waals surface area contributed by atoms with E-state index in [1.54, 1.807) is 0 Å². The average Bonchev–Trinajstić information content (AvgIpc) is 2.48. The van der Waals surface area contributed by atoms with Gasteiger partial charge in [0.05, 0.1) is 0 Å². The third-order valence-electron chi connectivity index (χ3n) is 4.42. The lowest BCUT2D eigenvalue weighted by molar-refractivity contribution is -0.122. The van der Waals surface area contributed by atoms with Gasteiger partial charge in [-0.25, -0.2) is 0 Å². The van der Waals surface area contributed by atoms with Gasteiger partial charge in [-0.15, -0.1) is 12.4 Å². The summed E-state index contributed by atoms with van der Waals surface area (Å²) in [7, 11) is 0. The van der Waals surface area contributed by atoms with E-state index in [1.165, 1.54) is 24.8 Å². The second-order valence-corrected chi connectivity index (χ2v) is 6.42. The number of carbonyl (C=O) groups excluding carboxylic acids is 1. The van der Waals surface area contributed by atoms with E-state index >= 15 is 0 Å². The lowest BCUT2D eigenvalue weighted by Gasteiger charge is -2.32. The van der Waals surface area contributed by atoms with E-state index in [0.29, 0.717) is 18.4 Å². The summed E-state index contributed by atoms with van der Waals surface area (Å²) in [5.74, 6) is 0.734. The number of hydrogen-bond acceptors (Lipinski definition) is 2. The minimum atomic E-state index is 0. The number of benzene rings is 1. The van der Waals surface area contributed by atoms with Crippen molar-refractivity contribution in [3.05, 3.63) is 35.9 Å². The van der Waals surface area contributed by atoms with E-state index in [4.69, 9.17) is 5.73 Å². The van der Waals surface area contributed by atoms with Crippen LogP contribution in [0.15, 0.2) is 30.3 Å². The molecule has 22 heavy (non-hydrogen) atoms. The van der Waals surface area contributed by atoms with Gasteiger partial charge in [-0.1, -0.05) is 43.2 Å². The van der Waals surface area contributed by atoms with Crippen LogP contribution in [0, 0.1) is 5.92 Å². The zero-order chi connectivity index (χ0) is 15.1.